The molecule has 0 saturated heterocycles. The van der Waals surface area contributed by atoms with Crippen LogP contribution in [0.15, 0.2) is 12.2 Å². The second-order valence-corrected chi connectivity index (χ2v) is 4.81. The molecule has 0 bridgehead atoms. The highest BCUT2D eigenvalue weighted by atomic mass is 16.3. The van der Waals surface area contributed by atoms with Crippen molar-refractivity contribution < 1.29 is 10.2 Å². The van der Waals surface area contributed by atoms with Crippen LogP contribution in [-0.4, -0.2) is 28.0 Å². The van der Waals surface area contributed by atoms with Crippen molar-refractivity contribution in [2.45, 2.75) is 58.8 Å². The predicted octanol–water partition coefficient (Wildman–Crippen LogP) is 1.44. The first kappa shape index (κ1) is 14.6. The Morgan fingerprint density at radius 1 is 1.40 bits per heavy atom. The minimum Gasteiger partial charge on any atom is -0.389 e. The molecule has 0 aliphatic rings. The standard InChI is InChI=1S/C12H25NO2/c1-6-8-12(7-2,9(3)13)10(14)11(4,5)15/h6,8-10,14-15H,7,13H2,1-5H3/b8-6+. The van der Waals surface area contributed by atoms with Gasteiger partial charge in [0.15, 0.2) is 0 Å². The van der Waals surface area contributed by atoms with Crippen molar-refractivity contribution >= 4 is 0 Å². The Morgan fingerprint density at radius 2 is 1.87 bits per heavy atom. The largest absolute Gasteiger partial charge is 0.389 e. The van der Waals surface area contributed by atoms with E-state index in [-0.39, 0.29) is 6.04 Å². The lowest BCUT2D eigenvalue weighted by Crippen LogP contribution is -2.55. The molecule has 3 nitrogen and oxygen atoms in total. The maximum Gasteiger partial charge on any atom is 0.0926 e. The molecule has 0 radical (unpaired) electrons. The van der Waals surface area contributed by atoms with E-state index in [1.807, 2.05) is 32.9 Å². The summed E-state index contributed by atoms with van der Waals surface area (Å²) in [4.78, 5) is 0. The molecular formula is C12H25NO2. The van der Waals surface area contributed by atoms with E-state index in [9.17, 15) is 10.2 Å². The fourth-order valence-electron chi connectivity index (χ4n) is 2.09. The average molecular weight is 215 g/mol. The smallest absolute Gasteiger partial charge is 0.0926 e. The topological polar surface area (TPSA) is 66.5 Å². The van der Waals surface area contributed by atoms with Gasteiger partial charge in [-0.05, 0) is 34.1 Å². The number of aliphatic hydroxyl groups excluding tert-OH is 1. The van der Waals surface area contributed by atoms with Gasteiger partial charge in [-0.15, -0.1) is 0 Å². The normalized spacial score (nSPS) is 21.3. The Labute approximate surface area is 93.0 Å². The highest BCUT2D eigenvalue weighted by Crippen LogP contribution is 2.36. The summed E-state index contributed by atoms with van der Waals surface area (Å²) in [5.74, 6) is 0. The molecular weight excluding hydrogens is 190 g/mol. The van der Waals surface area contributed by atoms with E-state index >= 15 is 0 Å². The van der Waals surface area contributed by atoms with E-state index in [0.29, 0.717) is 6.42 Å². The minimum absolute atomic E-state index is 0.208. The maximum atomic E-state index is 10.2. The van der Waals surface area contributed by atoms with E-state index in [2.05, 4.69) is 0 Å². The minimum atomic E-state index is -1.15. The Kier molecular flexibility index (Phi) is 4.97. The first-order valence-corrected chi connectivity index (χ1v) is 5.52. The van der Waals surface area contributed by atoms with Crippen LogP contribution in [-0.2, 0) is 0 Å². The summed E-state index contributed by atoms with van der Waals surface area (Å²) in [6.45, 7) is 8.93. The van der Waals surface area contributed by atoms with Crippen LogP contribution >= 0.6 is 0 Å². The van der Waals surface area contributed by atoms with Crippen molar-refractivity contribution in [2.75, 3.05) is 0 Å². The van der Waals surface area contributed by atoms with Crippen LogP contribution in [0.5, 0.6) is 0 Å². The highest BCUT2D eigenvalue weighted by molar-refractivity contribution is 5.10. The van der Waals surface area contributed by atoms with Crippen molar-refractivity contribution in [1.29, 1.82) is 0 Å². The first-order chi connectivity index (χ1) is 6.72. The first-order valence-electron chi connectivity index (χ1n) is 5.52. The van der Waals surface area contributed by atoms with E-state index in [1.165, 1.54) is 0 Å². The zero-order chi connectivity index (χ0) is 12.3. The third kappa shape index (κ3) is 3.03. The molecule has 0 aliphatic heterocycles. The molecule has 0 spiro atoms. The Bertz CT molecular complexity index is 218. The summed E-state index contributed by atoms with van der Waals surface area (Å²) in [5, 5.41) is 20.1. The van der Waals surface area contributed by atoms with Crippen LogP contribution in [0.1, 0.15) is 41.0 Å². The number of aliphatic hydroxyl groups is 2. The van der Waals surface area contributed by atoms with Crippen LogP contribution in [0.4, 0.5) is 0 Å². The molecule has 0 aliphatic carbocycles. The average Bonchev–Trinajstić information content (AvgIpc) is 2.11. The summed E-state index contributed by atoms with van der Waals surface area (Å²) in [5.41, 5.74) is 4.23. The third-order valence-electron chi connectivity index (χ3n) is 3.12. The van der Waals surface area contributed by atoms with Crippen LogP contribution < -0.4 is 5.73 Å². The van der Waals surface area contributed by atoms with Gasteiger partial charge >= 0.3 is 0 Å². The number of allylic oxidation sites excluding steroid dienone is 1. The lowest BCUT2D eigenvalue weighted by atomic mass is 9.69. The fraction of sp³-hybridized carbons (Fsp3) is 0.833. The van der Waals surface area contributed by atoms with E-state index in [0.717, 1.165) is 0 Å². The quantitative estimate of drug-likeness (QED) is 0.608. The van der Waals surface area contributed by atoms with Crippen molar-refractivity contribution in [3.8, 4) is 0 Å². The van der Waals surface area contributed by atoms with Gasteiger partial charge in [0.25, 0.3) is 0 Å². The van der Waals surface area contributed by atoms with Crippen LogP contribution in [0, 0.1) is 5.41 Å². The lowest BCUT2D eigenvalue weighted by Gasteiger charge is -2.43. The van der Waals surface area contributed by atoms with Crippen molar-refractivity contribution in [3.63, 3.8) is 0 Å². The molecule has 3 unspecified atom stereocenters. The van der Waals surface area contributed by atoms with Crippen LogP contribution in [0.2, 0.25) is 0 Å². The third-order valence-corrected chi connectivity index (χ3v) is 3.12. The summed E-state index contributed by atoms with van der Waals surface area (Å²) in [6.07, 6.45) is 3.61. The van der Waals surface area contributed by atoms with E-state index < -0.39 is 17.1 Å². The lowest BCUT2D eigenvalue weighted by molar-refractivity contribution is -0.106. The van der Waals surface area contributed by atoms with Gasteiger partial charge in [-0.3, -0.25) is 0 Å². The summed E-state index contributed by atoms with van der Waals surface area (Å²) < 4.78 is 0. The molecule has 0 heterocycles. The van der Waals surface area contributed by atoms with E-state index in [1.54, 1.807) is 13.8 Å². The van der Waals surface area contributed by atoms with Gasteiger partial charge in [-0.1, -0.05) is 19.1 Å². The van der Waals surface area contributed by atoms with Gasteiger partial charge in [0.05, 0.1) is 11.7 Å². The molecule has 0 rings (SSSR count). The SMILES string of the molecule is C/C=C/C(CC)(C(C)N)C(O)C(C)(C)O. The van der Waals surface area contributed by atoms with Crippen molar-refractivity contribution in [1.82, 2.24) is 0 Å². The molecule has 0 aromatic rings. The molecule has 0 saturated carbocycles. The monoisotopic (exact) mass is 215 g/mol. The number of rotatable bonds is 5. The maximum absolute atomic E-state index is 10.2. The summed E-state index contributed by atoms with van der Waals surface area (Å²) in [6, 6.07) is -0.208. The van der Waals surface area contributed by atoms with Crippen molar-refractivity contribution in [2.24, 2.45) is 11.1 Å². The predicted molar refractivity (Wildman–Crippen MR) is 63.5 cm³/mol. The van der Waals surface area contributed by atoms with Crippen LogP contribution in [0.3, 0.4) is 0 Å². The molecule has 4 N–H and O–H groups in total. The highest BCUT2D eigenvalue weighted by Gasteiger charge is 2.44. The molecule has 0 fully saturated rings. The Morgan fingerprint density at radius 3 is 2.07 bits per heavy atom. The van der Waals surface area contributed by atoms with Gasteiger partial charge in [0.1, 0.15) is 0 Å². The van der Waals surface area contributed by atoms with Gasteiger partial charge in [0.2, 0.25) is 0 Å². The van der Waals surface area contributed by atoms with Gasteiger partial charge in [-0.25, -0.2) is 0 Å². The molecule has 3 heteroatoms. The molecule has 3 atom stereocenters. The van der Waals surface area contributed by atoms with Gasteiger partial charge < -0.3 is 15.9 Å². The number of hydrogen-bond donors (Lipinski definition) is 3. The van der Waals surface area contributed by atoms with Crippen LogP contribution in [0.25, 0.3) is 0 Å². The number of hydrogen-bond acceptors (Lipinski definition) is 3. The Hall–Kier alpha value is -0.380. The molecule has 0 aromatic carbocycles. The number of nitrogens with two attached hydrogens (primary N) is 1. The van der Waals surface area contributed by atoms with Gasteiger partial charge in [-0.2, -0.15) is 0 Å². The van der Waals surface area contributed by atoms with Crippen molar-refractivity contribution in [3.05, 3.63) is 12.2 Å². The fourth-order valence-corrected chi connectivity index (χ4v) is 2.09. The Balaban J connectivity index is 5.25. The molecule has 15 heavy (non-hydrogen) atoms. The summed E-state index contributed by atoms with van der Waals surface area (Å²) >= 11 is 0. The zero-order valence-electron chi connectivity index (χ0n) is 10.5. The molecule has 0 amide bonds. The molecule has 90 valence electrons. The second kappa shape index (κ2) is 5.10. The summed E-state index contributed by atoms with van der Waals surface area (Å²) in [7, 11) is 0. The van der Waals surface area contributed by atoms with Gasteiger partial charge in [0, 0.05) is 11.5 Å². The second-order valence-electron chi connectivity index (χ2n) is 4.81. The molecule has 0 aromatic heterocycles. The van der Waals surface area contributed by atoms with E-state index in [4.69, 9.17) is 5.73 Å². The zero-order valence-corrected chi connectivity index (χ0v) is 10.5.